The maximum absolute atomic E-state index is 2.44. The van der Waals surface area contributed by atoms with Crippen LogP contribution in [0.15, 0.2) is 60.7 Å². The van der Waals surface area contributed by atoms with Crippen LogP contribution >= 0.6 is 0 Å². The summed E-state index contributed by atoms with van der Waals surface area (Å²) in [6, 6.07) is 21.7. The Balaban J connectivity index is 2.69. The van der Waals surface area contributed by atoms with Crippen LogP contribution in [0.4, 0.5) is 0 Å². The van der Waals surface area contributed by atoms with Crippen molar-refractivity contribution in [1.29, 1.82) is 0 Å². The van der Waals surface area contributed by atoms with Gasteiger partial charge in [0.25, 0.3) is 0 Å². The van der Waals surface area contributed by atoms with Crippen LogP contribution in [0, 0.1) is 0 Å². The fourth-order valence-electron chi connectivity index (χ4n) is 2.83. The summed E-state index contributed by atoms with van der Waals surface area (Å²) in [5.41, 5.74) is 4.28. The summed E-state index contributed by atoms with van der Waals surface area (Å²) in [6.07, 6.45) is 1.08. The Hall–Kier alpha value is -1.60. The lowest BCUT2D eigenvalue weighted by Crippen LogP contribution is -2.24. The normalized spacial score (nSPS) is 13.0. The maximum atomic E-state index is 2.44. The smallest absolute Gasteiger partial charge is 0.0656 e. The molecule has 0 radical (unpaired) electrons. The predicted molar refractivity (Wildman–Crippen MR) is 93.3 cm³/mol. The van der Waals surface area contributed by atoms with E-state index in [1.807, 2.05) is 0 Å². The minimum atomic E-state index is -1.41. The first-order chi connectivity index (χ1) is 9.54. The molecule has 0 atom stereocenters. The van der Waals surface area contributed by atoms with E-state index in [0.717, 1.165) is 6.42 Å². The highest BCUT2D eigenvalue weighted by atomic mass is 28.3. The summed E-state index contributed by atoms with van der Waals surface area (Å²) in [5.74, 6) is 0. The number of rotatable bonds is 4. The van der Waals surface area contributed by atoms with Crippen molar-refractivity contribution >= 4 is 18.8 Å². The summed E-state index contributed by atoms with van der Waals surface area (Å²) >= 11 is 0. The van der Waals surface area contributed by atoms with Crippen molar-refractivity contribution in [3.8, 4) is 0 Å². The zero-order valence-corrected chi connectivity index (χ0v) is 14.0. The average Bonchev–Trinajstić information content (AvgIpc) is 2.45. The van der Waals surface area contributed by atoms with Crippen molar-refractivity contribution in [2.75, 3.05) is 0 Å². The standard InChI is InChI=1S/C19H24Si/c1-5-18(16-12-8-6-9-13-16)19(20(2,3)4)17-14-10-7-11-15-17/h6-15H,5H2,1-4H3/b19-18-. The van der Waals surface area contributed by atoms with Gasteiger partial charge < -0.3 is 0 Å². The molecule has 0 saturated heterocycles. The highest BCUT2D eigenvalue weighted by Gasteiger charge is 2.24. The summed E-state index contributed by atoms with van der Waals surface area (Å²) in [5, 5.41) is 1.59. The second-order valence-corrected chi connectivity index (χ2v) is 11.2. The number of hydrogen-bond acceptors (Lipinski definition) is 0. The first-order valence-corrected chi connectivity index (χ1v) is 10.9. The molecule has 2 aromatic rings. The number of allylic oxidation sites excluding steroid dienone is 1. The van der Waals surface area contributed by atoms with Crippen LogP contribution in [0.1, 0.15) is 24.5 Å². The van der Waals surface area contributed by atoms with Crippen LogP contribution in [0.3, 0.4) is 0 Å². The largest absolute Gasteiger partial charge is 0.0787 e. The molecule has 0 amide bonds. The van der Waals surface area contributed by atoms with Gasteiger partial charge in [-0.05, 0) is 28.3 Å². The number of hydrogen-bond donors (Lipinski definition) is 0. The van der Waals surface area contributed by atoms with Crippen molar-refractivity contribution in [3.05, 3.63) is 71.8 Å². The molecule has 0 nitrogen and oxygen atoms in total. The highest BCUT2D eigenvalue weighted by Crippen LogP contribution is 2.35. The summed E-state index contributed by atoms with van der Waals surface area (Å²) < 4.78 is 0. The highest BCUT2D eigenvalue weighted by molar-refractivity contribution is 6.95. The zero-order chi connectivity index (χ0) is 14.6. The molecule has 0 aromatic heterocycles. The van der Waals surface area contributed by atoms with Crippen molar-refractivity contribution in [1.82, 2.24) is 0 Å². The van der Waals surface area contributed by atoms with Gasteiger partial charge in [-0.1, -0.05) is 87.2 Å². The van der Waals surface area contributed by atoms with Gasteiger partial charge in [0.2, 0.25) is 0 Å². The third-order valence-corrected chi connectivity index (χ3v) is 5.68. The monoisotopic (exact) mass is 280 g/mol. The van der Waals surface area contributed by atoms with E-state index in [0.29, 0.717) is 0 Å². The van der Waals surface area contributed by atoms with Gasteiger partial charge in [-0.2, -0.15) is 0 Å². The second kappa shape index (κ2) is 6.23. The molecule has 20 heavy (non-hydrogen) atoms. The van der Waals surface area contributed by atoms with Gasteiger partial charge in [0.05, 0.1) is 8.07 Å². The van der Waals surface area contributed by atoms with Crippen LogP contribution in [0.2, 0.25) is 19.6 Å². The third kappa shape index (κ3) is 3.29. The summed E-state index contributed by atoms with van der Waals surface area (Å²) in [6.45, 7) is 9.58. The Morgan fingerprint density at radius 1 is 0.750 bits per heavy atom. The van der Waals surface area contributed by atoms with E-state index in [-0.39, 0.29) is 0 Å². The van der Waals surface area contributed by atoms with E-state index in [2.05, 4.69) is 87.2 Å². The first kappa shape index (κ1) is 14.8. The molecule has 0 heterocycles. The lowest BCUT2D eigenvalue weighted by Gasteiger charge is -2.26. The molecule has 1 heteroatoms. The van der Waals surface area contributed by atoms with Crippen LogP contribution in [-0.4, -0.2) is 8.07 Å². The molecule has 0 unspecified atom stereocenters. The molecule has 0 aliphatic carbocycles. The maximum Gasteiger partial charge on any atom is 0.0787 e. The van der Waals surface area contributed by atoms with Crippen molar-refractivity contribution in [2.24, 2.45) is 0 Å². The Labute approximate surface area is 124 Å². The fraction of sp³-hybridized carbons (Fsp3) is 0.263. The molecule has 0 bridgehead atoms. The van der Waals surface area contributed by atoms with E-state index in [1.54, 1.807) is 5.20 Å². The van der Waals surface area contributed by atoms with Gasteiger partial charge in [-0.15, -0.1) is 0 Å². The van der Waals surface area contributed by atoms with Gasteiger partial charge in [0.15, 0.2) is 0 Å². The lowest BCUT2D eigenvalue weighted by molar-refractivity contribution is 1.24. The molecule has 0 aliphatic heterocycles. The predicted octanol–water partition coefficient (Wildman–Crippen LogP) is 5.88. The van der Waals surface area contributed by atoms with Crippen molar-refractivity contribution < 1.29 is 0 Å². The van der Waals surface area contributed by atoms with E-state index in [1.165, 1.54) is 16.7 Å². The summed E-state index contributed by atoms with van der Waals surface area (Å²) in [4.78, 5) is 0. The molecule has 2 aromatic carbocycles. The second-order valence-electron chi connectivity index (χ2n) is 6.19. The molecular formula is C19H24Si. The molecule has 104 valence electrons. The molecule has 2 rings (SSSR count). The third-order valence-electron chi connectivity index (χ3n) is 3.59. The SMILES string of the molecule is CC/C(=C(\c1ccccc1)[Si](C)(C)C)c1ccccc1. The minimum absolute atomic E-state index is 1.08. The Kier molecular flexibility index (Phi) is 4.61. The molecule has 0 spiro atoms. The van der Waals surface area contributed by atoms with Crippen LogP contribution in [0.5, 0.6) is 0 Å². The number of benzene rings is 2. The topological polar surface area (TPSA) is 0 Å². The molecule has 0 aliphatic rings. The van der Waals surface area contributed by atoms with Crippen molar-refractivity contribution in [3.63, 3.8) is 0 Å². The average molecular weight is 280 g/mol. The van der Waals surface area contributed by atoms with Gasteiger partial charge in [0, 0.05) is 0 Å². The van der Waals surface area contributed by atoms with Crippen LogP contribution in [-0.2, 0) is 0 Å². The molecular weight excluding hydrogens is 256 g/mol. The van der Waals surface area contributed by atoms with E-state index in [9.17, 15) is 0 Å². The lowest BCUT2D eigenvalue weighted by atomic mass is 10.0. The van der Waals surface area contributed by atoms with Crippen LogP contribution in [0.25, 0.3) is 10.8 Å². The Bertz CT molecular complexity index is 574. The molecule has 0 saturated carbocycles. The fourth-order valence-corrected chi connectivity index (χ4v) is 5.09. The molecule has 0 N–H and O–H groups in total. The molecule has 0 fully saturated rings. The Morgan fingerprint density at radius 2 is 1.20 bits per heavy atom. The zero-order valence-electron chi connectivity index (χ0n) is 13.0. The van der Waals surface area contributed by atoms with Crippen molar-refractivity contribution in [2.45, 2.75) is 33.0 Å². The minimum Gasteiger partial charge on any atom is -0.0656 e. The van der Waals surface area contributed by atoms with E-state index >= 15 is 0 Å². The van der Waals surface area contributed by atoms with Gasteiger partial charge in [-0.3, -0.25) is 0 Å². The first-order valence-electron chi connectivity index (χ1n) is 7.38. The van der Waals surface area contributed by atoms with E-state index in [4.69, 9.17) is 0 Å². The van der Waals surface area contributed by atoms with Gasteiger partial charge >= 0.3 is 0 Å². The van der Waals surface area contributed by atoms with Gasteiger partial charge in [-0.25, -0.2) is 0 Å². The quantitative estimate of drug-likeness (QED) is 0.484. The van der Waals surface area contributed by atoms with Crippen LogP contribution < -0.4 is 0 Å². The van der Waals surface area contributed by atoms with Gasteiger partial charge in [0.1, 0.15) is 0 Å². The van der Waals surface area contributed by atoms with E-state index < -0.39 is 8.07 Å². The Morgan fingerprint density at radius 3 is 1.60 bits per heavy atom. The summed E-state index contributed by atoms with van der Waals surface area (Å²) in [7, 11) is -1.41.